The van der Waals surface area contributed by atoms with Gasteiger partial charge in [0.2, 0.25) is 0 Å². The summed E-state index contributed by atoms with van der Waals surface area (Å²) in [6.45, 7) is 5.02. The Hall–Kier alpha value is -1.75. The van der Waals surface area contributed by atoms with Crippen molar-refractivity contribution in [3.8, 4) is 0 Å². The molecule has 0 fully saturated rings. The molecule has 3 rings (SSSR count). The molecule has 1 aromatic carbocycles. The van der Waals surface area contributed by atoms with Gasteiger partial charge in [0.25, 0.3) is 0 Å². The van der Waals surface area contributed by atoms with E-state index in [1.807, 2.05) is 4.68 Å². The van der Waals surface area contributed by atoms with Gasteiger partial charge in [-0.05, 0) is 42.0 Å². The summed E-state index contributed by atoms with van der Waals surface area (Å²) < 4.78 is 15.1. The summed E-state index contributed by atoms with van der Waals surface area (Å²) >= 11 is 0. The lowest BCUT2D eigenvalue weighted by Gasteiger charge is -2.24. The van der Waals surface area contributed by atoms with Gasteiger partial charge in [-0.25, -0.2) is 14.1 Å². The summed E-state index contributed by atoms with van der Waals surface area (Å²) in [6.07, 6.45) is 3.24. The van der Waals surface area contributed by atoms with Gasteiger partial charge < -0.3 is 5.11 Å². The van der Waals surface area contributed by atoms with E-state index in [0.717, 1.165) is 23.5 Å². The molecular formula is C16H20FN3O. The van der Waals surface area contributed by atoms with Crippen LogP contribution in [0.3, 0.4) is 0 Å². The van der Waals surface area contributed by atoms with Crippen LogP contribution in [0.25, 0.3) is 0 Å². The number of halogens is 1. The third kappa shape index (κ3) is 2.70. The zero-order valence-corrected chi connectivity index (χ0v) is 12.4. The average molecular weight is 289 g/mol. The minimum absolute atomic E-state index is 0.249. The number of nitrogens with zero attached hydrogens (tertiary/aromatic N) is 3. The smallest absolute Gasteiger partial charge is 0.138 e. The number of aliphatic hydroxyl groups is 1. The monoisotopic (exact) mass is 289 g/mol. The second-order valence-electron chi connectivity index (χ2n) is 6.26. The van der Waals surface area contributed by atoms with E-state index in [1.54, 1.807) is 6.07 Å². The first kappa shape index (κ1) is 14.2. The van der Waals surface area contributed by atoms with Gasteiger partial charge in [-0.2, -0.15) is 5.10 Å². The Labute approximate surface area is 123 Å². The predicted molar refractivity (Wildman–Crippen MR) is 77.2 cm³/mol. The Morgan fingerprint density at radius 3 is 3.00 bits per heavy atom. The fourth-order valence-corrected chi connectivity index (χ4v) is 3.07. The molecule has 4 nitrogen and oxygen atoms in total. The highest BCUT2D eigenvalue weighted by molar-refractivity contribution is 5.38. The van der Waals surface area contributed by atoms with Crippen molar-refractivity contribution in [1.82, 2.24) is 14.8 Å². The molecular weight excluding hydrogens is 269 g/mol. The summed E-state index contributed by atoms with van der Waals surface area (Å²) in [6, 6.07) is 4.63. The summed E-state index contributed by atoms with van der Waals surface area (Å²) in [4.78, 5) is 4.29. The number of hydrogen-bond donors (Lipinski definition) is 1. The Kier molecular flexibility index (Phi) is 3.53. The fourth-order valence-electron chi connectivity index (χ4n) is 3.07. The number of rotatable bonds is 4. The first-order valence-corrected chi connectivity index (χ1v) is 7.36. The van der Waals surface area contributed by atoms with Crippen molar-refractivity contribution in [1.29, 1.82) is 0 Å². The maximum atomic E-state index is 13.3. The molecule has 1 heterocycles. The Morgan fingerprint density at radius 2 is 2.24 bits per heavy atom. The molecule has 0 radical (unpaired) electrons. The number of benzene rings is 1. The number of aromatic nitrogens is 3. The van der Waals surface area contributed by atoms with Gasteiger partial charge in [-0.15, -0.1) is 0 Å². The van der Waals surface area contributed by atoms with E-state index in [9.17, 15) is 9.50 Å². The van der Waals surface area contributed by atoms with Crippen LogP contribution in [0.2, 0.25) is 0 Å². The normalized spacial score (nSPS) is 21.0. The van der Waals surface area contributed by atoms with Gasteiger partial charge in [-0.1, -0.05) is 19.9 Å². The first-order chi connectivity index (χ1) is 9.98. The molecule has 1 atom stereocenters. The highest BCUT2D eigenvalue weighted by Gasteiger charge is 2.38. The zero-order chi connectivity index (χ0) is 15.0. The van der Waals surface area contributed by atoms with Crippen LogP contribution in [-0.4, -0.2) is 19.9 Å². The van der Waals surface area contributed by atoms with Crippen LogP contribution < -0.4 is 0 Å². The molecule has 21 heavy (non-hydrogen) atoms. The molecule has 0 amide bonds. The zero-order valence-electron chi connectivity index (χ0n) is 12.4. The molecule has 112 valence electrons. The number of aryl methyl sites for hydroxylation is 1. The third-order valence-corrected chi connectivity index (χ3v) is 4.06. The number of fused-ring (bicyclic) bond motifs is 1. The van der Waals surface area contributed by atoms with Crippen molar-refractivity contribution < 1.29 is 9.50 Å². The van der Waals surface area contributed by atoms with Crippen molar-refractivity contribution in [2.75, 3.05) is 0 Å². The molecule has 0 bridgehead atoms. The van der Waals surface area contributed by atoms with Gasteiger partial charge in [0.15, 0.2) is 0 Å². The highest BCUT2D eigenvalue weighted by Crippen LogP contribution is 2.39. The predicted octanol–water partition coefficient (Wildman–Crippen LogP) is 2.45. The summed E-state index contributed by atoms with van der Waals surface area (Å²) in [5.74, 6) is 0.995. The molecule has 1 aromatic heterocycles. The van der Waals surface area contributed by atoms with Crippen molar-refractivity contribution in [3.63, 3.8) is 0 Å². The molecule has 2 aromatic rings. The van der Waals surface area contributed by atoms with E-state index in [1.165, 1.54) is 18.5 Å². The van der Waals surface area contributed by atoms with Crippen LogP contribution in [-0.2, 0) is 25.0 Å². The van der Waals surface area contributed by atoms with Crippen LogP contribution >= 0.6 is 0 Å². The van der Waals surface area contributed by atoms with E-state index in [0.29, 0.717) is 25.2 Å². The second-order valence-corrected chi connectivity index (χ2v) is 6.26. The molecule has 1 unspecified atom stereocenters. The van der Waals surface area contributed by atoms with Gasteiger partial charge in [0.1, 0.15) is 18.0 Å². The minimum Gasteiger partial charge on any atom is -0.385 e. The third-order valence-electron chi connectivity index (χ3n) is 4.06. The standard InChI is InChI=1S/C16H20FN3O/c1-11(2)9-20-15(18-10-19-20)8-16(21)6-5-12-7-13(17)3-4-14(12)16/h3-4,7,10-11,21H,5-6,8-9H2,1-2H3. The van der Waals surface area contributed by atoms with Crippen molar-refractivity contribution in [3.05, 3.63) is 47.3 Å². The molecule has 0 saturated carbocycles. The van der Waals surface area contributed by atoms with Crippen LogP contribution in [0.15, 0.2) is 24.5 Å². The Balaban J connectivity index is 1.88. The quantitative estimate of drug-likeness (QED) is 0.940. The van der Waals surface area contributed by atoms with Crippen LogP contribution in [0.4, 0.5) is 4.39 Å². The summed E-state index contributed by atoms with van der Waals surface area (Å²) in [5, 5.41) is 15.2. The lowest BCUT2D eigenvalue weighted by Crippen LogP contribution is -2.28. The molecule has 0 spiro atoms. The lowest BCUT2D eigenvalue weighted by molar-refractivity contribution is 0.0356. The van der Waals surface area contributed by atoms with E-state index < -0.39 is 5.60 Å². The lowest BCUT2D eigenvalue weighted by atomic mass is 9.92. The SMILES string of the molecule is CC(C)Cn1ncnc1CC1(O)CCc2cc(F)ccc21. The van der Waals surface area contributed by atoms with E-state index in [-0.39, 0.29) is 5.82 Å². The Bertz CT molecular complexity index is 653. The molecule has 1 aliphatic rings. The van der Waals surface area contributed by atoms with E-state index >= 15 is 0 Å². The van der Waals surface area contributed by atoms with Crippen molar-refractivity contribution in [2.45, 2.75) is 45.3 Å². The van der Waals surface area contributed by atoms with Gasteiger partial charge in [-0.3, -0.25) is 0 Å². The number of hydrogen-bond acceptors (Lipinski definition) is 3. The van der Waals surface area contributed by atoms with Crippen LogP contribution in [0, 0.1) is 11.7 Å². The second kappa shape index (κ2) is 5.22. The maximum Gasteiger partial charge on any atom is 0.138 e. The van der Waals surface area contributed by atoms with Crippen molar-refractivity contribution in [2.24, 2.45) is 5.92 Å². The van der Waals surface area contributed by atoms with Crippen LogP contribution in [0.5, 0.6) is 0 Å². The maximum absolute atomic E-state index is 13.3. The highest BCUT2D eigenvalue weighted by atomic mass is 19.1. The van der Waals surface area contributed by atoms with E-state index in [2.05, 4.69) is 23.9 Å². The van der Waals surface area contributed by atoms with E-state index in [4.69, 9.17) is 0 Å². The minimum atomic E-state index is -0.967. The van der Waals surface area contributed by atoms with Gasteiger partial charge in [0.05, 0.1) is 5.60 Å². The summed E-state index contributed by atoms with van der Waals surface area (Å²) in [5.41, 5.74) is 0.751. The molecule has 0 saturated heterocycles. The molecule has 5 heteroatoms. The molecule has 1 N–H and O–H groups in total. The fraction of sp³-hybridized carbons (Fsp3) is 0.500. The van der Waals surface area contributed by atoms with Crippen LogP contribution in [0.1, 0.15) is 37.2 Å². The largest absolute Gasteiger partial charge is 0.385 e. The average Bonchev–Trinajstić information content (AvgIpc) is 2.95. The summed E-state index contributed by atoms with van der Waals surface area (Å²) in [7, 11) is 0. The van der Waals surface area contributed by atoms with Gasteiger partial charge >= 0.3 is 0 Å². The molecule has 0 aliphatic heterocycles. The topological polar surface area (TPSA) is 50.9 Å². The molecule has 1 aliphatic carbocycles. The Morgan fingerprint density at radius 1 is 1.43 bits per heavy atom. The first-order valence-electron chi connectivity index (χ1n) is 7.36. The van der Waals surface area contributed by atoms with Crippen molar-refractivity contribution >= 4 is 0 Å². The van der Waals surface area contributed by atoms with Gasteiger partial charge in [0, 0.05) is 13.0 Å².